The second-order valence-corrected chi connectivity index (χ2v) is 3.96. The lowest BCUT2D eigenvalue weighted by atomic mass is 10.3. The van der Waals surface area contributed by atoms with Crippen molar-refractivity contribution in [1.29, 1.82) is 0 Å². The fourth-order valence-corrected chi connectivity index (χ4v) is 1.66. The van der Waals surface area contributed by atoms with E-state index in [0.717, 1.165) is 18.9 Å². The number of hydrogen-bond donors (Lipinski definition) is 1. The number of rotatable bonds is 3. The summed E-state index contributed by atoms with van der Waals surface area (Å²) in [5, 5.41) is 3.93. The summed E-state index contributed by atoms with van der Waals surface area (Å²) in [6.45, 7) is 3.62. The zero-order valence-electron chi connectivity index (χ0n) is 8.57. The van der Waals surface area contributed by atoms with Gasteiger partial charge in [-0.2, -0.15) is 0 Å². The van der Waals surface area contributed by atoms with E-state index in [4.69, 9.17) is 21.1 Å². The van der Waals surface area contributed by atoms with Gasteiger partial charge in [0.15, 0.2) is 0 Å². The number of halogens is 1. The van der Waals surface area contributed by atoms with Gasteiger partial charge in [0.25, 0.3) is 0 Å². The molecule has 1 heterocycles. The monoisotopic (exact) mass is 227 g/mol. The van der Waals surface area contributed by atoms with Crippen LogP contribution in [0.3, 0.4) is 0 Å². The Morgan fingerprint density at radius 2 is 2.20 bits per heavy atom. The highest BCUT2D eigenvalue weighted by molar-refractivity contribution is 6.30. The molecule has 1 aromatic carbocycles. The predicted octanol–water partition coefficient (Wildman–Crippen LogP) is 2.05. The summed E-state index contributed by atoms with van der Waals surface area (Å²) in [7, 11) is 0. The van der Waals surface area contributed by atoms with Gasteiger partial charge < -0.3 is 9.47 Å². The van der Waals surface area contributed by atoms with Crippen LogP contribution in [0.15, 0.2) is 24.3 Å². The third kappa shape index (κ3) is 2.84. The van der Waals surface area contributed by atoms with Crippen LogP contribution in [-0.2, 0) is 4.74 Å². The van der Waals surface area contributed by atoms with Crippen molar-refractivity contribution in [1.82, 2.24) is 5.32 Å². The number of nitrogens with one attached hydrogen (secondary N) is 1. The van der Waals surface area contributed by atoms with Gasteiger partial charge in [0.1, 0.15) is 18.1 Å². The van der Waals surface area contributed by atoms with Crippen molar-refractivity contribution in [3.05, 3.63) is 29.3 Å². The zero-order valence-corrected chi connectivity index (χ0v) is 9.33. The van der Waals surface area contributed by atoms with E-state index in [2.05, 4.69) is 5.32 Å². The van der Waals surface area contributed by atoms with E-state index in [0.29, 0.717) is 5.02 Å². The predicted molar refractivity (Wildman–Crippen MR) is 59.3 cm³/mol. The lowest BCUT2D eigenvalue weighted by Gasteiger charge is -2.20. The molecule has 0 aliphatic carbocycles. The molecule has 2 atom stereocenters. The molecular weight excluding hydrogens is 214 g/mol. The van der Waals surface area contributed by atoms with Crippen LogP contribution in [0.2, 0.25) is 5.02 Å². The summed E-state index contributed by atoms with van der Waals surface area (Å²) in [5.74, 6) is 0.809. The molecular formula is C11H14ClNO2. The largest absolute Gasteiger partial charge is 0.487 e. The van der Waals surface area contributed by atoms with Gasteiger partial charge in [-0.3, -0.25) is 5.32 Å². The quantitative estimate of drug-likeness (QED) is 0.858. The Balaban J connectivity index is 1.92. The Bertz CT molecular complexity index is 309. The molecule has 0 saturated carbocycles. The molecule has 3 nitrogen and oxygen atoms in total. The van der Waals surface area contributed by atoms with Crippen molar-refractivity contribution in [2.75, 3.05) is 13.2 Å². The topological polar surface area (TPSA) is 30.5 Å². The molecule has 0 aromatic heterocycles. The van der Waals surface area contributed by atoms with Crippen molar-refractivity contribution in [3.63, 3.8) is 0 Å². The lowest BCUT2D eigenvalue weighted by Crippen LogP contribution is -2.37. The van der Waals surface area contributed by atoms with E-state index >= 15 is 0 Å². The minimum Gasteiger partial charge on any atom is -0.487 e. The average Bonchev–Trinajstić information content (AvgIpc) is 2.74. The molecule has 1 saturated heterocycles. The van der Waals surface area contributed by atoms with Gasteiger partial charge in [0.2, 0.25) is 0 Å². The Morgan fingerprint density at radius 3 is 2.80 bits per heavy atom. The molecule has 0 bridgehead atoms. The van der Waals surface area contributed by atoms with E-state index in [9.17, 15) is 0 Å². The van der Waals surface area contributed by atoms with E-state index in [1.54, 1.807) is 0 Å². The second kappa shape index (κ2) is 4.84. The van der Waals surface area contributed by atoms with Crippen molar-refractivity contribution < 1.29 is 9.47 Å². The standard InChI is InChI=1S/C11H14ClNO2/c1-8(11-13-6-7-14-11)15-10-4-2-9(12)3-5-10/h2-5,8,11,13H,6-7H2,1H3. The van der Waals surface area contributed by atoms with Crippen LogP contribution in [0.5, 0.6) is 5.75 Å². The summed E-state index contributed by atoms with van der Waals surface area (Å²) < 4.78 is 11.2. The highest BCUT2D eigenvalue weighted by Crippen LogP contribution is 2.18. The van der Waals surface area contributed by atoms with Gasteiger partial charge in [-0.05, 0) is 31.2 Å². The van der Waals surface area contributed by atoms with Gasteiger partial charge in [-0.15, -0.1) is 0 Å². The van der Waals surface area contributed by atoms with Gasteiger partial charge in [-0.25, -0.2) is 0 Å². The first-order valence-electron chi connectivity index (χ1n) is 5.03. The lowest BCUT2D eigenvalue weighted by molar-refractivity contribution is 0.0116. The van der Waals surface area contributed by atoms with Gasteiger partial charge in [-0.1, -0.05) is 11.6 Å². The number of hydrogen-bond acceptors (Lipinski definition) is 3. The third-order valence-corrected chi connectivity index (χ3v) is 2.56. The van der Waals surface area contributed by atoms with Crippen LogP contribution >= 0.6 is 11.6 Å². The van der Waals surface area contributed by atoms with Crippen molar-refractivity contribution in [3.8, 4) is 5.75 Å². The first-order chi connectivity index (χ1) is 7.25. The summed E-state index contributed by atoms with van der Waals surface area (Å²) in [4.78, 5) is 0. The third-order valence-electron chi connectivity index (χ3n) is 2.31. The summed E-state index contributed by atoms with van der Waals surface area (Å²) >= 11 is 5.78. The molecule has 1 aliphatic rings. The first kappa shape index (κ1) is 10.7. The maximum Gasteiger partial charge on any atom is 0.145 e. The van der Waals surface area contributed by atoms with Crippen LogP contribution in [-0.4, -0.2) is 25.5 Å². The molecule has 82 valence electrons. The maximum atomic E-state index is 5.78. The normalized spacial score (nSPS) is 22.7. The Labute approximate surface area is 94.3 Å². The number of benzene rings is 1. The Morgan fingerprint density at radius 1 is 1.47 bits per heavy atom. The molecule has 2 unspecified atom stereocenters. The molecule has 0 spiro atoms. The molecule has 2 rings (SSSR count). The van der Waals surface area contributed by atoms with Gasteiger partial charge in [0.05, 0.1) is 6.61 Å². The highest BCUT2D eigenvalue weighted by atomic mass is 35.5. The van der Waals surface area contributed by atoms with Crippen LogP contribution < -0.4 is 10.1 Å². The van der Waals surface area contributed by atoms with E-state index in [-0.39, 0.29) is 12.3 Å². The average molecular weight is 228 g/mol. The zero-order chi connectivity index (χ0) is 10.7. The van der Waals surface area contributed by atoms with Crippen molar-refractivity contribution in [2.45, 2.75) is 19.3 Å². The molecule has 1 aromatic rings. The first-order valence-corrected chi connectivity index (χ1v) is 5.41. The summed E-state index contributed by atoms with van der Waals surface area (Å²) in [6.07, 6.45) is -0.0191. The molecule has 0 radical (unpaired) electrons. The fraction of sp³-hybridized carbons (Fsp3) is 0.455. The van der Waals surface area contributed by atoms with Gasteiger partial charge >= 0.3 is 0 Å². The second-order valence-electron chi connectivity index (χ2n) is 3.52. The Hall–Kier alpha value is -0.770. The number of ether oxygens (including phenoxy) is 2. The maximum absolute atomic E-state index is 5.78. The minimum atomic E-state index is -0.0133. The molecule has 1 aliphatic heterocycles. The molecule has 0 amide bonds. The van der Waals surface area contributed by atoms with Gasteiger partial charge in [0, 0.05) is 11.6 Å². The highest BCUT2D eigenvalue weighted by Gasteiger charge is 2.22. The smallest absolute Gasteiger partial charge is 0.145 e. The van der Waals surface area contributed by atoms with Crippen LogP contribution in [0, 0.1) is 0 Å². The van der Waals surface area contributed by atoms with E-state index in [1.165, 1.54) is 0 Å². The molecule has 4 heteroatoms. The minimum absolute atomic E-state index is 0.00586. The van der Waals surface area contributed by atoms with Crippen molar-refractivity contribution in [2.24, 2.45) is 0 Å². The van der Waals surface area contributed by atoms with Crippen LogP contribution in [0.1, 0.15) is 6.92 Å². The molecule has 1 N–H and O–H groups in total. The van der Waals surface area contributed by atoms with Crippen LogP contribution in [0.4, 0.5) is 0 Å². The molecule has 1 fully saturated rings. The SMILES string of the molecule is CC(Oc1ccc(Cl)cc1)C1NCCO1. The van der Waals surface area contributed by atoms with Crippen LogP contribution in [0.25, 0.3) is 0 Å². The van der Waals surface area contributed by atoms with E-state index in [1.807, 2.05) is 31.2 Å². The summed E-state index contributed by atoms with van der Waals surface area (Å²) in [5.41, 5.74) is 0. The summed E-state index contributed by atoms with van der Waals surface area (Å²) in [6, 6.07) is 7.33. The van der Waals surface area contributed by atoms with Crippen molar-refractivity contribution >= 4 is 11.6 Å². The Kier molecular flexibility index (Phi) is 3.46. The molecule has 15 heavy (non-hydrogen) atoms. The van der Waals surface area contributed by atoms with E-state index < -0.39 is 0 Å². The fourth-order valence-electron chi connectivity index (χ4n) is 1.54.